The number of halogens is 1. The number of sulfone groups is 1. The Kier molecular flexibility index (Phi) is 6.55. The summed E-state index contributed by atoms with van der Waals surface area (Å²) in [5, 5.41) is 19.8. The van der Waals surface area contributed by atoms with Crippen molar-refractivity contribution in [2.45, 2.75) is 32.8 Å². The zero-order valence-electron chi connectivity index (χ0n) is 18.6. The molecule has 10 heteroatoms. The molecule has 0 aliphatic carbocycles. The molecule has 1 aromatic heterocycles. The highest BCUT2D eigenvalue weighted by Crippen LogP contribution is 2.46. The zero-order valence-corrected chi connectivity index (χ0v) is 20.1. The summed E-state index contributed by atoms with van der Waals surface area (Å²) in [5.41, 5.74) is 1.12. The molecule has 2 fully saturated rings. The monoisotopic (exact) mass is 482 g/mol. The van der Waals surface area contributed by atoms with Gasteiger partial charge in [0.1, 0.15) is 0 Å². The highest BCUT2D eigenvalue weighted by Gasteiger charge is 2.40. The molecule has 2 N–H and O–H groups in total. The van der Waals surface area contributed by atoms with E-state index in [-0.39, 0.29) is 29.9 Å². The summed E-state index contributed by atoms with van der Waals surface area (Å²) < 4.78 is 23.2. The summed E-state index contributed by atoms with van der Waals surface area (Å²) in [4.78, 5) is 16.6. The smallest absolute Gasteiger partial charge is 0.236 e. The third-order valence-corrected chi connectivity index (χ3v) is 9.07. The summed E-state index contributed by atoms with van der Waals surface area (Å²) in [7, 11) is -2.95. The van der Waals surface area contributed by atoms with Gasteiger partial charge in [0.2, 0.25) is 5.91 Å². The Bertz CT molecular complexity index is 1080. The Morgan fingerprint density at radius 1 is 1.25 bits per heavy atom. The first kappa shape index (κ1) is 23.5. The molecule has 2 saturated heterocycles. The number of aromatic nitrogens is 2. The van der Waals surface area contributed by atoms with Gasteiger partial charge in [0.25, 0.3) is 0 Å². The average molecular weight is 483 g/mol. The second-order valence-corrected chi connectivity index (χ2v) is 12.4. The molecule has 2 aliphatic heterocycles. The van der Waals surface area contributed by atoms with Crippen molar-refractivity contribution in [3.05, 3.63) is 28.9 Å². The first-order valence-electron chi connectivity index (χ1n) is 11.1. The van der Waals surface area contributed by atoms with Crippen molar-refractivity contribution in [1.29, 1.82) is 0 Å². The number of H-pyrrole nitrogens is 1. The molecule has 32 heavy (non-hydrogen) atoms. The van der Waals surface area contributed by atoms with Crippen LogP contribution < -0.4 is 0 Å². The van der Waals surface area contributed by atoms with Crippen LogP contribution in [0, 0.1) is 11.3 Å². The minimum absolute atomic E-state index is 0.0510. The number of piperidine rings is 1. The molecule has 2 aromatic rings. The summed E-state index contributed by atoms with van der Waals surface area (Å²) in [5.74, 6) is 0.539. The third-order valence-electron chi connectivity index (χ3n) is 7.24. The van der Waals surface area contributed by atoms with Crippen molar-refractivity contribution in [2.24, 2.45) is 11.3 Å². The fourth-order valence-corrected chi connectivity index (χ4v) is 6.47. The third kappa shape index (κ3) is 4.81. The molecule has 2 aliphatic rings. The Balaban J connectivity index is 1.37. The van der Waals surface area contributed by atoms with Gasteiger partial charge in [-0.1, -0.05) is 25.4 Å². The number of nitrogens with one attached hydrogen (secondary N) is 1. The molecule has 1 atom stereocenters. The number of aliphatic hydroxyl groups is 1. The van der Waals surface area contributed by atoms with Gasteiger partial charge in [-0.25, -0.2) is 8.42 Å². The van der Waals surface area contributed by atoms with Crippen LogP contribution in [0.1, 0.15) is 38.4 Å². The standard InChI is InChI=1S/C22H31ClN4O4S/c1-22(2,21(29)18-12-17(23)11-15-13-24-25-20(15)18)16-3-5-27(6-4-16)19(28)14-26-7-9-32(30,31)10-8-26/h11-13,16,21,29H,3-10,14H2,1-2H3,(H,24,25). The van der Waals surface area contributed by atoms with Gasteiger partial charge in [-0.3, -0.25) is 14.8 Å². The molecule has 0 spiro atoms. The Morgan fingerprint density at radius 3 is 2.56 bits per heavy atom. The van der Waals surface area contributed by atoms with Crippen molar-refractivity contribution in [3.63, 3.8) is 0 Å². The van der Waals surface area contributed by atoms with E-state index in [1.165, 1.54) is 0 Å². The number of carbonyl (C=O) groups excluding carboxylic acids is 1. The molecule has 1 aromatic carbocycles. The van der Waals surface area contributed by atoms with Crippen LogP contribution in [0.3, 0.4) is 0 Å². The van der Waals surface area contributed by atoms with E-state index in [0.717, 1.165) is 29.3 Å². The largest absolute Gasteiger partial charge is 0.388 e. The van der Waals surface area contributed by atoms with Gasteiger partial charge in [0.15, 0.2) is 9.84 Å². The van der Waals surface area contributed by atoms with E-state index >= 15 is 0 Å². The minimum Gasteiger partial charge on any atom is -0.388 e. The second kappa shape index (κ2) is 8.93. The van der Waals surface area contributed by atoms with E-state index in [9.17, 15) is 18.3 Å². The van der Waals surface area contributed by atoms with Crippen molar-refractivity contribution < 1.29 is 18.3 Å². The van der Waals surface area contributed by atoms with E-state index < -0.39 is 21.4 Å². The van der Waals surface area contributed by atoms with Crippen molar-refractivity contribution >= 4 is 38.2 Å². The molecular weight excluding hydrogens is 452 g/mol. The number of likely N-dealkylation sites (tertiary alicyclic amines) is 1. The summed E-state index contributed by atoms with van der Waals surface area (Å²) >= 11 is 6.28. The van der Waals surface area contributed by atoms with Crippen molar-refractivity contribution in [3.8, 4) is 0 Å². The lowest BCUT2D eigenvalue weighted by molar-refractivity contribution is -0.135. The summed E-state index contributed by atoms with van der Waals surface area (Å²) in [6.07, 6.45) is 2.58. The second-order valence-electron chi connectivity index (χ2n) is 9.64. The number of aliphatic hydroxyl groups excluding tert-OH is 1. The molecule has 0 bridgehead atoms. The molecule has 4 rings (SSSR count). The molecule has 1 unspecified atom stereocenters. The normalized spacial score (nSPS) is 21.7. The van der Waals surface area contributed by atoms with Gasteiger partial charge in [-0.05, 0) is 36.3 Å². The minimum atomic E-state index is -2.95. The van der Waals surface area contributed by atoms with E-state index in [4.69, 9.17) is 11.6 Å². The number of nitrogens with zero attached hydrogens (tertiary/aromatic N) is 3. The number of hydrogen-bond donors (Lipinski definition) is 2. The first-order valence-corrected chi connectivity index (χ1v) is 13.3. The lowest BCUT2D eigenvalue weighted by atomic mass is 9.68. The highest BCUT2D eigenvalue weighted by atomic mass is 35.5. The van der Waals surface area contributed by atoms with E-state index in [1.54, 1.807) is 12.3 Å². The fourth-order valence-electron chi connectivity index (χ4n) is 4.96. The molecular formula is C22H31ClN4O4S. The number of aromatic amines is 1. The Hall–Kier alpha value is -1.68. The number of hydrogen-bond acceptors (Lipinski definition) is 6. The molecule has 0 saturated carbocycles. The van der Waals surface area contributed by atoms with Gasteiger partial charge in [-0.2, -0.15) is 5.10 Å². The quantitative estimate of drug-likeness (QED) is 0.676. The van der Waals surface area contributed by atoms with Gasteiger partial charge in [0, 0.05) is 42.2 Å². The summed E-state index contributed by atoms with van der Waals surface area (Å²) in [6, 6.07) is 3.62. The fraction of sp³-hybridized carbons (Fsp3) is 0.636. The van der Waals surface area contributed by atoms with Crippen LogP contribution in [0.25, 0.3) is 10.9 Å². The van der Waals surface area contributed by atoms with Crippen LogP contribution in [0.15, 0.2) is 18.3 Å². The number of amides is 1. The van der Waals surface area contributed by atoms with Gasteiger partial charge >= 0.3 is 0 Å². The van der Waals surface area contributed by atoms with E-state index in [0.29, 0.717) is 31.2 Å². The lowest BCUT2D eigenvalue weighted by Crippen LogP contribution is -2.49. The van der Waals surface area contributed by atoms with Crippen LogP contribution in [0.2, 0.25) is 5.02 Å². The van der Waals surface area contributed by atoms with Crippen molar-refractivity contribution in [1.82, 2.24) is 20.0 Å². The molecule has 176 valence electrons. The number of benzene rings is 1. The zero-order chi connectivity index (χ0) is 23.1. The molecule has 1 amide bonds. The Labute approximate surface area is 193 Å². The maximum Gasteiger partial charge on any atom is 0.236 e. The predicted octanol–water partition coefficient (Wildman–Crippen LogP) is 2.24. The van der Waals surface area contributed by atoms with E-state index in [1.807, 2.05) is 15.9 Å². The maximum atomic E-state index is 12.8. The van der Waals surface area contributed by atoms with Gasteiger partial charge < -0.3 is 10.0 Å². The van der Waals surface area contributed by atoms with Crippen LogP contribution in [-0.4, -0.2) is 83.7 Å². The Morgan fingerprint density at radius 2 is 1.91 bits per heavy atom. The number of carbonyl (C=O) groups is 1. The van der Waals surface area contributed by atoms with Crippen LogP contribution in [0.4, 0.5) is 0 Å². The maximum absolute atomic E-state index is 12.8. The highest BCUT2D eigenvalue weighted by molar-refractivity contribution is 7.91. The first-order chi connectivity index (χ1) is 15.1. The van der Waals surface area contributed by atoms with Crippen LogP contribution in [-0.2, 0) is 14.6 Å². The van der Waals surface area contributed by atoms with Gasteiger partial charge in [-0.15, -0.1) is 0 Å². The topological polar surface area (TPSA) is 107 Å². The molecule has 3 heterocycles. The predicted molar refractivity (Wildman–Crippen MR) is 124 cm³/mol. The molecule has 0 radical (unpaired) electrons. The van der Waals surface area contributed by atoms with Crippen molar-refractivity contribution in [2.75, 3.05) is 44.2 Å². The molecule has 8 nitrogen and oxygen atoms in total. The number of fused-ring (bicyclic) bond motifs is 1. The van der Waals surface area contributed by atoms with E-state index in [2.05, 4.69) is 24.0 Å². The SMILES string of the molecule is CC(C)(C1CCN(C(=O)CN2CCS(=O)(=O)CC2)CC1)C(O)c1cc(Cl)cc2cn[nH]c12. The number of rotatable bonds is 5. The average Bonchev–Trinajstić information content (AvgIpc) is 3.22. The lowest BCUT2D eigenvalue weighted by Gasteiger charge is -2.43. The van der Waals surface area contributed by atoms with Crippen LogP contribution in [0.5, 0.6) is 0 Å². The van der Waals surface area contributed by atoms with Crippen LogP contribution >= 0.6 is 11.6 Å². The summed E-state index contributed by atoms with van der Waals surface area (Å²) in [6.45, 7) is 6.53. The van der Waals surface area contributed by atoms with Gasteiger partial charge in [0.05, 0.1) is 35.9 Å².